The largest absolute Gasteiger partial charge is 0.378 e. The van der Waals surface area contributed by atoms with Gasteiger partial charge in [-0.15, -0.1) is 0 Å². The van der Waals surface area contributed by atoms with Crippen molar-refractivity contribution in [1.82, 2.24) is 15.6 Å². The third-order valence-corrected chi connectivity index (χ3v) is 4.98. The molecule has 1 aliphatic heterocycles. The van der Waals surface area contributed by atoms with Crippen LogP contribution in [-0.4, -0.2) is 43.8 Å². The molecule has 0 amide bonds. The van der Waals surface area contributed by atoms with Gasteiger partial charge in [0.25, 0.3) is 0 Å². The van der Waals surface area contributed by atoms with Gasteiger partial charge in [0.05, 0.1) is 19.8 Å². The summed E-state index contributed by atoms with van der Waals surface area (Å²) >= 11 is 12.2. The van der Waals surface area contributed by atoms with Crippen LogP contribution in [0.1, 0.15) is 18.1 Å². The second-order valence-electron chi connectivity index (χ2n) is 6.37. The van der Waals surface area contributed by atoms with Crippen LogP contribution < -0.4 is 15.5 Å². The Bertz CT molecular complexity index is 809. The zero-order valence-corrected chi connectivity index (χ0v) is 17.4. The molecule has 3 rings (SSSR count). The van der Waals surface area contributed by atoms with E-state index in [1.807, 2.05) is 31.3 Å². The first-order valence-electron chi connectivity index (χ1n) is 9.40. The molecule has 0 aliphatic carbocycles. The number of rotatable bonds is 6. The van der Waals surface area contributed by atoms with E-state index >= 15 is 0 Å². The molecular formula is C20H25Cl2N5O. The second kappa shape index (κ2) is 10.5. The highest BCUT2D eigenvalue weighted by atomic mass is 35.5. The van der Waals surface area contributed by atoms with Crippen molar-refractivity contribution >= 4 is 35.0 Å². The summed E-state index contributed by atoms with van der Waals surface area (Å²) < 4.78 is 5.45. The van der Waals surface area contributed by atoms with E-state index in [2.05, 4.69) is 26.6 Å². The van der Waals surface area contributed by atoms with Crippen molar-refractivity contribution < 1.29 is 4.74 Å². The van der Waals surface area contributed by atoms with Crippen LogP contribution in [0.3, 0.4) is 0 Å². The Morgan fingerprint density at radius 1 is 1.18 bits per heavy atom. The fraction of sp³-hybridized carbons (Fsp3) is 0.400. The van der Waals surface area contributed by atoms with Gasteiger partial charge in [0.2, 0.25) is 0 Å². The van der Waals surface area contributed by atoms with Gasteiger partial charge in [-0.2, -0.15) is 0 Å². The normalized spacial score (nSPS) is 14.8. The summed E-state index contributed by atoms with van der Waals surface area (Å²) in [6.07, 6.45) is 1.82. The number of halogens is 2. The number of anilines is 1. The average molecular weight is 422 g/mol. The minimum Gasteiger partial charge on any atom is -0.378 e. The third kappa shape index (κ3) is 5.74. The fourth-order valence-corrected chi connectivity index (χ4v) is 3.44. The van der Waals surface area contributed by atoms with Crippen molar-refractivity contribution in [1.29, 1.82) is 0 Å². The van der Waals surface area contributed by atoms with Crippen LogP contribution in [0.4, 0.5) is 5.82 Å². The highest BCUT2D eigenvalue weighted by Gasteiger charge is 2.15. The predicted molar refractivity (Wildman–Crippen MR) is 115 cm³/mol. The molecular weight excluding hydrogens is 397 g/mol. The van der Waals surface area contributed by atoms with Crippen LogP contribution in [0.2, 0.25) is 10.0 Å². The lowest BCUT2D eigenvalue weighted by atomic mass is 10.2. The summed E-state index contributed by atoms with van der Waals surface area (Å²) in [5.74, 6) is 1.71. The van der Waals surface area contributed by atoms with Crippen LogP contribution in [0.25, 0.3) is 0 Å². The second-order valence-corrected chi connectivity index (χ2v) is 7.21. The van der Waals surface area contributed by atoms with E-state index < -0.39 is 0 Å². The van der Waals surface area contributed by atoms with Gasteiger partial charge in [-0.1, -0.05) is 35.3 Å². The first-order chi connectivity index (χ1) is 13.7. The number of morpholine rings is 1. The standard InChI is InChI=1S/C20H25Cl2N5O/c1-2-23-20(25-13-15-5-6-17(21)12-18(15)22)26-14-16-4-3-7-24-19(16)27-8-10-28-11-9-27/h3-7,12H,2,8-11,13-14H2,1H3,(H2,23,25,26). The molecule has 6 nitrogen and oxygen atoms in total. The number of nitrogens with zero attached hydrogens (tertiary/aromatic N) is 3. The van der Waals surface area contributed by atoms with Crippen LogP contribution in [-0.2, 0) is 17.8 Å². The van der Waals surface area contributed by atoms with Crippen molar-refractivity contribution in [2.45, 2.75) is 20.0 Å². The first kappa shape index (κ1) is 20.7. The molecule has 0 saturated carbocycles. The number of hydrogen-bond acceptors (Lipinski definition) is 4. The van der Waals surface area contributed by atoms with Crippen molar-refractivity contribution in [3.63, 3.8) is 0 Å². The number of aromatic nitrogens is 1. The Morgan fingerprint density at radius 3 is 2.75 bits per heavy atom. The minimum absolute atomic E-state index is 0.532. The first-order valence-corrected chi connectivity index (χ1v) is 10.2. The van der Waals surface area contributed by atoms with E-state index in [-0.39, 0.29) is 0 Å². The van der Waals surface area contributed by atoms with Gasteiger partial charge < -0.3 is 20.3 Å². The molecule has 0 unspecified atom stereocenters. The van der Waals surface area contributed by atoms with Gasteiger partial charge in [0.1, 0.15) is 5.82 Å². The van der Waals surface area contributed by atoms with E-state index in [1.54, 1.807) is 6.07 Å². The van der Waals surface area contributed by atoms with Crippen molar-refractivity contribution in [2.75, 3.05) is 37.7 Å². The predicted octanol–water partition coefficient (Wildman–Crippen LogP) is 3.48. The number of pyridine rings is 1. The summed E-state index contributed by atoms with van der Waals surface area (Å²) in [5, 5.41) is 7.86. The van der Waals surface area contributed by atoms with E-state index in [9.17, 15) is 0 Å². The molecule has 1 aromatic heterocycles. The van der Waals surface area contributed by atoms with Gasteiger partial charge in [-0.3, -0.25) is 0 Å². The Balaban J connectivity index is 1.69. The molecule has 2 heterocycles. The van der Waals surface area contributed by atoms with Gasteiger partial charge >= 0.3 is 0 Å². The summed E-state index contributed by atoms with van der Waals surface area (Å²) in [4.78, 5) is 11.6. The number of guanidine groups is 1. The van der Waals surface area contributed by atoms with E-state index in [0.717, 1.165) is 55.8 Å². The lowest BCUT2D eigenvalue weighted by Crippen LogP contribution is -2.38. The molecule has 2 N–H and O–H groups in total. The van der Waals surface area contributed by atoms with Crippen LogP contribution in [0.15, 0.2) is 41.5 Å². The van der Waals surface area contributed by atoms with Crippen LogP contribution >= 0.6 is 23.2 Å². The molecule has 0 spiro atoms. The number of aliphatic imine (C=N–C) groups is 1. The number of hydrogen-bond donors (Lipinski definition) is 2. The van der Waals surface area contributed by atoms with Crippen molar-refractivity contribution in [3.8, 4) is 0 Å². The third-order valence-electron chi connectivity index (χ3n) is 4.39. The number of nitrogens with one attached hydrogen (secondary N) is 2. The summed E-state index contributed by atoms with van der Waals surface area (Å²) in [7, 11) is 0. The monoisotopic (exact) mass is 421 g/mol. The Hall–Kier alpha value is -2.02. The topological polar surface area (TPSA) is 61.8 Å². The van der Waals surface area contributed by atoms with E-state index in [1.165, 1.54) is 0 Å². The summed E-state index contributed by atoms with van der Waals surface area (Å²) in [6, 6.07) is 9.51. The quantitative estimate of drug-likeness (QED) is 0.552. The molecule has 1 saturated heterocycles. The molecule has 1 fully saturated rings. The van der Waals surface area contributed by atoms with Gasteiger partial charge in [-0.25, -0.2) is 9.98 Å². The molecule has 0 atom stereocenters. The van der Waals surface area contributed by atoms with E-state index in [0.29, 0.717) is 23.1 Å². The fourth-order valence-electron chi connectivity index (χ4n) is 2.96. The molecule has 2 aromatic rings. The highest BCUT2D eigenvalue weighted by molar-refractivity contribution is 6.35. The average Bonchev–Trinajstić information content (AvgIpc) is 2.72. The molecule has 8 heteroatoms. The maximum Gasteiger partial charge on any atom is 0.191 e. The lowest BCUT2D eigenvalue weighted by molar-refractivity contribution is 0.122. The molecule has 150 valence electrons. The van der Waals surface area contributed by atoms with Crippen molar-refractivity contribution in [2.24, 2.45) is 4.99 Å². The Morgan fingerprint density at radius 2 is 2.00 bits per heavy atom. The summed E-state index contributed by atoms with van der Waals surface area (Å²) in [5.41, 5.74) is 2.05. The Kier molecular flexibility index (Phi) is 7.77. The molecule has 0 bridgehead atoms. The molecule has 1 aromatic carbocycles. The van der Waals surface area contributed by atoms with Crippen LogP contribution in [0, 0.1) is 0 Å². The maximum absolute atomic E-state index is 6.26. The number of ether oxygens (including phenoxy) is 1. The number of benzene rings is 1. The van der Waals surface area contributed by atoms with Crippen LogP contribution in [0.5, 0.6) is 0 Å². The van der Waals surface area contributed by atoms with Gasteiger partial charge in [0, 0.05) is 48.0 Å². The van der Waals surface area contributed by atoms with Crippen molar-refractivity contribution in [3.05, 3.63) is 57.7 Å². The lowest BCUT2D eigenvalue weighted by Gasteiger charge is -2.29. The van der Waals surface area contributed by atoms with E-state index in [4.69, 9.17) is 32.9 Å². The SMILES string of the molecule is CCNC(=NCc1cccnc1N1CCOCC1)NCc1ccc(Cl)cc1Cl. The smallest absolute Gasteiger partial charge is 0.191 e. The van der Waals surface area contributed by atoms with Gasteiger partial charge in [-0.05, 0) is 30.7 Å². The minimum atomic E-state index is 0.532. The maximum atomic E-state index is 6.26. The zero-order valence-electron chi connectivity index (χ0n) is 15.9. The zero-order chi connectivity index (χ0) is 19.8. The molecule has 0 radical (unpaired) electrons. The highest BCUT2D eigenvalue weighted by Crippen LogP contribution is 2.21. The van der Waals surface area contributed by atoms with Gasteiger partial charge in [0.15, 0.2) is 5.96 Å². The molecule has 1 aliphatic rings. The molecule has 28 heavy (non-hydrogen) atoms. The Labute approximate surface area is 175 Å². The summed E-state index contributed by atoms with van der Waals surface area (Å²) in [6.45, 7) is 7.05.